The van der Waals surface area contributed by atoms with Crippen LogP contribution in [-0.4, -0.2) is 29.4 Å². The second-order valence-corrected chi connectivity index (χ2v) is 8.03. The number of methoxy groups -OCH3 is 2. The minimum Gasteiger partial charge on any atom is -0.495 e. The van der Waals surface area contributed by atoms with Crippen LogP contribution >= 0.6 is 27.5 Å². The molecule has 0 amide bonds. The second kappa shape index (κ2) is 8.22. The fourth-order valence-corrected chi connectivity index (χ4v) is 4.41. The van der Waals surface area contributed by atoms with Gasteiger partial charge in [-0.2, -0.15) is 5.26 Å². The van der Waals surface area contributed by atoms with Crippen molar-refractivity contribution in [3.8, 4) is 11.8 Å². The van der Waals surface area contributed by atoms with Crippen molar-refractivity contribution in [2.45, 2.75) is 4.90 Å². The Morgan fingerprint density at radius 2 is 2.04 bits per heavy atom. The number of hydrogen-bond donors (Lipinski definition) is 0. The Hall–Kier alpha value is -1.86. The molecule has 0 atom stereocenters. The van der Waals surface area contributed by atoms with Gasteiger partial charge in [-0.1, -0.05) is 17.7 Å². The summed E-state index contributed by atoms with van der Waals surface area (Å²) in [6, 6.07) is 8.32. The van der Waals surface area contributed by atoms with Crippen molar-refractivity contribution >= 4 is 43.2 Å². The topological polar surface area (TPSA) is 79.6 Å². The van der Waals surface area contributed by atoms with Gasteiger partial charge >= 0.3 is 0 Å². The van der Waals surface area contributed by atoms with Gasteiger partial charge in [-0.05, 0) is 34.1 Å². The predicted molar refractivity (Wildman–Crippen MR) is 98.4 cm³/mol. The highest BCUT2D eigenvalue weighted by Gasteiger charge is 2.31. The fourth-order valence-electron chi connectivity index (χ4n) is 2.20. The van der Waals surface area contributed by atoms with E-state index in [1.165, 1.54) is 20.3 Å². The van der Waals surface area contributed by atoms with Crippen LogP contribution < -0.4 is 9.04 Å². The largest absolute Gasteiger partial charge is 0.495 e. The number of halogens is 3. The first kappa shape index (κ1) is 20.5. The number of rotatable bonds is 6. The minimum absolute atomic E-state index is 0.00146. The lowest BCUT2D eigenvalue weighted by atomic mass is 10.2. The summed E-state index contributed by atoms with van der Waals surface area (Å²) >= 11 is 9.15. The quantitative estimate of drug-likeness (QED) is 0.607. The standard InChI is InChI=1S/C16H13BrClFN2O4S/c1-24-9-21(14-5-3-4-11(17)10(14)8-20)26(22,23)16-6-12(18)15(25-2)7-13(16)19/h3-7H,9H2,1-2H3. The molecule has 26 heavy (non-hydrogen) atoms. The lowest BCUT2D eigenvalue weighted by Crippen LogP contribution is -2.34. The minimum atomic E-state index is -4.42. The molecule has 2 aromatic rings. The third kappa shape index (κ3) is 3.78. The van der Waals surface area contributed by atoms with Gasteiger partial charge in [0.05, 0.1) is 23.4 Å². The highest BCUT2D eigenvalue weighted by molar-refractivity contribution is 9.10. The molecule has 0 bridgehead atoms. The molecule has 0 radical (unpaired) electrons. The second-order valence-electron chi connectivity index (χ2n) is 4.93. The first-order valence-electron chi connectivity index (χ1n) is 7.01. The zero-order valence-corrected chi connectivity index (χ0v) is 16.8. The summed E-state index contributed by atoms with van der Waals surface area (Å²) in [6.07, 6.45) is 0. The summed E-state index contributed by atoms with van der Waals surface area (Å²) in [5.41, 5.74) is 0.100. The van der Waals surface area contributed by atoms with Gasteiger partial charge in [-0.15, -0.1) is 0 Å². The van der Waals surface area contributed by atoms with Gasteiger partial charge in [0, 0.05) is 17.6 Å². The van der Waals surface area contributed by atoms with Crippen molar-refractivity contribution in [1.82, 2.24) is 0 Å². The molecule has 0 saturated carbocycles. The number of benzene rings is 2. The van der Waals surface area contributed by atoms with E-state index >= 15 is 0 Å². The van der Waals surface area contributed by atoms with Crippen LogP contribution in [0.3, 0.4) is 0 Å². The lowest BCUT2D eigenvalue weighted by molar-refractivity contribution is 0.209. The maximum Gasteiger partial charge on any atom is 0.269 e. The van der Waals surface area contributed by atoms with E-state index < -0.39 is 27.5 Å². The number of nitrogens with zero attached hydrogens (tertiary/aromatic N) is 2. The Kier molecular flexibility index (Phi) is 6.47. The van der Waals surface area contributed by atoms with E-state index in [9.17, 15) is 18.1 Å². The van der Waals surface area contributed by atoms with E-state index in [0.29, 0.717) is 4.47 Å². The molecule has 0 fully saturated rings. The van der Waals surface area contributed by atoms with Crippen LogP contribution in [0, 0.1) is 17.1 Å². The molecule has 10 heteroatoms. The summed E-state index contributed by atoms with van der Waals surface area (Å²) in [4.78, 5) is -0.663. The first-order chi connectivity index (χ1) is 12.3. The first-order valence-corrected chi connectivity index (χ1v) is 9.62. The van der Waals surface area contributed by atoms with Crippen molar-refractivity contribution in [2.24, 2.45) is 0 Å². The number of sulfonamides is 1. The molecule has 0 aliphatic rings. The Bertz CT molecular complexity index is 979. The van der Waals surface area contributed by atoms with Gasteiger partial charge < -0.3 is 9.47 Å². The van der Waals surface area contributed by atoms with E-state index in [0.717, 1.165) is 16.4 Å². The third-order valence-corrected chi connectivity index (χ3v) is 6.10. The van der Waals surface area contributed by atoms with Gasteiger partial charge in [0.2, 0.25) is 0 Å². The molecule has 0 aromatic heterocycles. The Morgan fingerprint density at radius 3 is 2.62 bits per heavy atom. The molecular formula is C16H13BrClFN2O4S. The van der Waals surface area contributed by atoms with Crippen LogP contribution in [0.25, 0.3) is 0 Å². The highest BCUT2D eigenvalue weighted by atomic mass is 79.9. The van der Waals surface area contributed by atoms with Crippen molar-refractivity contribution in [2.75, 3.05) is 25.3 Å². The van der Waals surface area contributed by atoms with Crippen LogP contribution in [0.2, 0.25) is 5.02 Å². The maximum absolute atomic E-state index is 14.4. The van der Waals surface area contributed by atoms with Gasteiger partial charge in [0.15, 0.2) is 0 Å². The van der Waals surface area contributed by atoms with Crippen molar-refractivity contribution in [3.05, 3.63) is 51.2 Å². The molecule has 0 saturated heterocycles. The Morgan fingerprint density at radius 1 is 1.35 bits per heavy atom. The Labute approximate surface area is 163 Å². The summed E-state index contributed by atoms with van der Waals surface area (Å²) in [7, 11) is -1.86. The SMILES string of the molecule is COCN(c1cccc(Br)c1C#N)S(=O)(=O)c1cc(Cl)c(OC)cc1F. The van der Waals surface area contributed by atoms with Gasteiger partial charge in [0.25, 0.3) is 10.0 Å². The molecule has 0 spiro atoms. The summed E-state index contributed by atoms with van der Waals surface area (Å²) in [5, 5.41) is 9.30. The highest BCUT2D eigenvalue weighted by Crippen LogP contribution is 2.35. The van der Waals surface area contributed by atoms with E-state index in [1.807, 2.05) is 6.07 Å². The molecule has 2 rings (SSSR count). The summed E-state index contributed by atoms with van der Waals surface area (Å²) < 4.78 is 51.6. The van der Waals surface area contributed by atoms with Gasteiger partial charge in [0.1, 0.15) is 29.3 Å². The van der Waals surface area contributed by atoms with Crippen LogP contribution in [0.5, 0.6) is 5.75 Å². The molecule has 0 aliphatic carbocycles. The van der Waals surface area contributed by atoms with Gasteiger partial charge in [-0.3, -0.25) is 0 Å². The van der Waals surface area contributed by atoms with Crippen LogP contribution in [0.1, 0.15) is 5.56 Å². The third-order valence-electron chi connectivity index (χ3n) is 3.39. The monoisotopic (exact) mass is 462 g/mol. The van der Waals surface area contributed by atoms with Crippen LogP contribution in [0.15, 0.2) is 39.7 Å². The molecule has 0 unspecified atom stereocenters. The molecule has 6 nitrogen and oxygen atoms in total. The Balaban J connectivity index is 2.70. The van der Waals surface area contributed by atoms with E-state index in [-0.39, 0.29) is 22.0 Å². The molecule has 2 aromatic carbocycles. The molecule has 138 valence electrons. The van der Waals surface area contributed by atoms with Crippen LogP contribution in [0.4, 0.5) is 10.1 Å². The molecule has 0 aliphatic heterocycles. The molecular weight excluding hydrogens is 451 g/mol. The zero-order chi connectivity index (χ0) is 19.5. The lowest BCUT2D eigenvalue weighted by Gasteiger charge is -2.25. The smallest absolute Gasteiger partial charge is 0.269 e. The van der Waals surface area contributed by atoms with E-state index in [1.54, 1.807) is 12.1 Å². The predicted octanol–water partition coefficient (Wildman–Crippen LogP) is 3.92. The average molecular weight is 464 g/mol. The van der Waals surface area contributed by atoms with Crippen LogP contribution in [-0.2, 0) is 14.8 Å². The van der Waals surface area contributed by atoms with Crippen molar-refractivity contribution in [1.29, 1.82) is 5.26 Å². The summed E-state index contributed by atoms with van der Waals surface area (Å²) in [6.45, 7) is -0.434. The number of anilines is 1. The molecule has 0 heterocycles. The number of nitriles is 1. The van der Waals surface area contributed by atoms with E-state index in [4.69, 9.17) is 21.1 Å². The number of ether oxygens (including phenoxy) is 2. The zero-order valence-electron chi connectivity index (χ0n) is 13.7. The van der Waals surface area contributed by atoms with Crippen molar-refractivity contribution in [3.63, 3.8) is 0 Å². The van der Waals surface area contributed by atoms with Crippen molar-refractivity contribution < 1.29 is 22.3 Å². The number of hydrogen-bond acceptors (Lipinski definition) is 5. The van der Waals surface area contributed by atoms with Gasteiger partial charge in [-0.25, -0.2) is 17.1 Å². The normalized spacial score (nSPS) is 11.1. The fraction of sp³-hybridized carbons (Fsp3) is 0.188. The molecule has 0 N–H and O–H groups in total. The average Bonchev–Trinajstić information content (AvgIpc) is 2.60. The van der Waals surface area contributed by atoms with E-state index in [2.05, 4.69) is 15.9 Å². The summed E-state index contributed by atoms with van der Waals surface area (Å²) in [5.74, 6) is -1.04. The maximum atomic E-state index is 14.4.